The number of hydrogen-bond donors (Lipinski definition) is 1. The Morgan fingerprint density at radius 2 is 2.12 bits per heavy atom. The first-order valence-corrected chi connectivity index (χ1v) is 5.79. The zero-order valence-electron chi connectivity index (χ0n) is 10.3. The van der Waals surface area contributed by atoms with Crippen LogP contribution in [0.2, 0.25) is 0 Å². The van der Waals surface area contributed by atoms with E-state index in [1.54, 1.807) is 0 Å². The average molecular weight is 222 g/mol. The molecule has 0 amide bonds. The Balaban J connectivity index is 2.33. The summed E-state index contributed by atoms with van der Waals surface area (Å²) in [6, 6.07) is 8.17. The Morgan fingerprint density at radius 3 is 2.81 bits per heavy atom. The molecule has 3 heteroatoms. The van der Waals surface area contributed by atoms with Crippen LogP contribution in [0.15, 0.2) is 24.3 Å². The second kappa shape index (κ2) is 7.25. The molecule has 0 aromatic heterocycles. The zero-order valence-corrected chi connectivity index (χ0v) is 10.3. The Labute approximate surface area is 98.2 Å². The zero-order chi connectivity index (χ0) is 11.8. The molecule has 0 aliphatic rings. The average Bonchev–Trinajstić information content (AvgIpc) is 2.25. The van der Waals surface area contributed by atoms with Crippen molar-refractivity contribution in [1.29, 1.82) is 0 Å². The molecule has 0 unspecified atom stereocenters. The molecule has 90 valence electrons. The van der Waals surface area contributed by atoms with Gasteiger partial charge in [0, 0.05) is 6.54 Å². The van der Waals surface area contributed by atoms with E-state index in [2.05, 4.69) is 31.1 Å². The second-order valence-corrected chi connectivity index (χ2v) is 4.19. The lowest BCUT2D eigenvalue weighted by atomic mass is 10.1. The van der Waals surface area contributed by atoms with Crippen LogP contribution in [0, 0.1) is 0 Å². The summed E-state index contributed by atoms with van der Waals surface area (Å²) in [6.45, 7) is 2.51. The number of benzene rings is 1. The van der Waals surface area contributed by atoms with Crippen molar-refractivity contribution in [3.63, 3.8) is 0 Å². The van der Waals surface area contributed by atoms with E-state index in [0.29, 0.717) is 6.54 Å². The molecule has 16 heavy (non-hydrogen) atoms. The summed E-state index contributed by atoms with van der Waals surface area (Å²) in [5.41, 5.74) is 6.76. The van der Waals surface area contributed by atoms with Crippen molar-refractivity contribution >= 4 is 0 Å². The van der Waals surface area contributed by atoms with Gasteiger partial charge in [0.15, 0.2) is 0 Å². The highest BCUT2D eigenvalue weighted by Crippen LogP contribution is 2.13. The van der Waals surface area contributed by atoms with Crippen molar-refractivity contribution in [2.75, 3.05) is 33.8 Å². The number of nitrogens with zero attached hydrogens (tertiary/aromatic N) is 1. The van der Waals surface area contributed by atoms with Crippen LogP contribution in [-0.2, 0) is 6.42 Å². The van der Waals surface area contributed by atoms with E-state index < -0.39 is 0 Å². The predicted molar refractivity (Wildman–Crippen MR) is 67.9 cm³/mol. The van der Waals surface area contributed by atoms with Gasteiger partial charge in [0.25, 0.3) is 0 Å². The largest absolute Gasteiger partial charge is 0.494 e. The molecule has 0 saturated heterocycles. The van der Waals surface area contributed by atoms with Gasteiger partial charge >= 0.3 is 0 Å². The van der Waals surface area contributed by atoms with Crippen LogP contribution in [0.1, 0.15) is 12.0 Å². The molecule has 0 aliphatic carbocycles. The monoisotopic (exact) mass is 222 g/mol. The summed E-state index contributed by atoms with van der Waals surface area (Å²) in [5.74, 6) is 0.949. The fraction of sp³-hybridized carbons (Fsp3) is 0.538. The predicted octanol–water partition coefficient (Wildman–Crippen LogP) is 1.52. The Morgan fingerprint density at radius 1 is 1.31 bits per heavy atom. The summed E-state index contributed by atoms with van der Waals surface area (Å²) >= 11 is 0. The van der Waals surface area contributed by atoms with Crippen molar-refractivity contribution in [3.8, 4) is 5.75 Å². The maximum atomic E-state index is 5.68. The van der Waals surface area contributed by atoms with Crippen LogP contribution in [-0.4, -0.2) is 38.7 Å². The molecule has 0 atom stereocenters. The van der Waals surface area contributed by atoms with Gasteiger partial charge in [0.05, 0.1) is 6.61 Å². The van der Waals surface area contributed by atoms with Gasteiger partial charge < -0.3 is 15.4 Å². The first-order chi connectivity index (χ1) is 7.72. The lowest BCUT2D eigenvalue weighted by molar-refractivity contribution is 0.281. The minimum Gasteiger partial charge on any atom is -0.494 e. The SMILES string of the molecule is CN(C)CCCOc1cccc(CCN)c1. The third-order valence-corrected chi connectivity index (χ3v) is 2.35. The Bertz CT molecular complexity index is 300. The number of rotatable bonds is 7. The summed E-state index contributed by atoms with van der Waals surface area (Å²) in [7, 11) is 4.14. The van der Waals surface area contributed by atoms with E-state index in [-0.39, 0.29) is 0 Å². The number of ether oxygens (including phenoxy) is 1. The van der Waals surface area contributed by atoms with Gasteiger partial charge in [-0.05, 0) is 51.2 Å². The van der Waals surface area contributed by atoms with Gasteiger partial charge in [-0.2, -0.15) is 0 Å². The summed E-state index contributed by atoms with van der Waals surface area (Å²) in [6.07, 6.45) is 1.96. The minimum absolute atomic E-state index is 0.685. The highest BCUT2D eigenvalue weighted by atomic mass is 16.5. The Kier molecular flexibility index (Phi) is 5.90. The summed E-state index contributed by atoms with van der Waals surface area (Å²) in [4.78, 5) is 2.16. The fourth-order valence-electron chi connectivity index (χ4n) is 1.53. The molecular formula is C13H22N2O. The van der Waals surface area contributed by atoms with Crippen molar-refractivity contribution in [1.82, 2.24) is 4.90 Å². The number of nitrogens with two attached hydrogens (primary N) is 1. The fourth-order valence-corrected chi connectivity index (χ4v) is 1.53. The second-order valence-electron chi connectivity index (χ2n) is 4.19. The van der Waals surface area contributed by atoms with Crippen molar-refractivity contribution in [3.05, 3.63) is 29.8 Å². The van der Waals surface area contributed by atoms with Crippen LogP contribution in [0.25, 0.3) is 0 Å². The van der Waals surface area contributed by atoms with Gasteiger partial charge in [-0.1, -0.05) is 12.1 Å². The minimum atomic E-state index is 0.685. The number of hydrogen-bond acceptors (Lipinski definition) is 3. The van der Waals surface area contributed by atoms with E-state index in [0.717, 1.165) is 31.7 Å². The quantitative estimate of drug-likeness (QED) is 0.711. The van der Waals surface area contributed by atoms with E-state index in [1.165, 1.54) is 5.56 Å². The third-order valence-electron chi connectivity index (χ3n) is 2.35. The van der Waals surface area contributed by atoms with E-state index in [9.17, 15) is 0 Å². The van der Waals surface area contributed by atoms with E-state index in [1.807, 2.05) is 12.1 Å². The lowest BCUT2D eigenvalue weighted by Gasteiger charge is -2.11. The first kappa shape index (κ1) is 13.0. The van der Waals surface area contributed by atoms with Gasteiger partial charge in [0.1, 0.15) is 5.75 Å². The van der Waals surface area contributed by atoms with Crippen LogP contribution >= 0.6 is 0 Å². The van der Waals surface area contributed by atoms with Gasteiger partial charge in [-0.15, -0.1) is 0 Å². The van der Waals surface area contributed by atoms with Crippen molar-refractivity contribution in [2.45, 2.75) is 12.8 Å². The van der Waals surface area contributed by atoms with E-state index >= 15 is 0 Å². The molecule has 1 rings (SSSR count). The maximum absolute atomic E-state index is 5.68. The molecule has 0 radical (unpaired) electrons. The molecule has 2 N–H and O–H groups in total. The molecule has 0 aliphatic heterocycles. The molecule has 0 spiro atoms. The lowest BCUT2D eigenvalue weighted by Crippen LogP contribution is -2.15. The van der Waals surface area contributed by atoms with Crippen LogP contribution in [0.4, 0.5) is 0 Å². The van der Waals surface area contributed by atoms with Gasteiger partial charge in [-0.3, -0.25) is 0 Å². The topological polar surface area (TPSA) is 38.5 Å². The van der Waals surface area contributed by atoms with Crippen molar-refractivity contribution < 1.29 is 4.74 Å². The summed E-state index contributed by atoms with van der Waals surface area (Å²) < 4.78 is 5.68. The molecule has 1 aromatic carbocycles. The van der Waals surface area contributed by atoms with Crippen molar-refractivity contribution in [2.24, 2.45) is 5.73 Å². The van der Waals surface area contributed by atoms with Crippen LogP contribution < -0.4 is 10.5 Å². The third kappa shape index (κ3) is 5.14. The highest BCUT2D eigenvalue weighted by Gasteiger charge is 1.97. The molecule has 0 fully saturated rings. The maximum Gasteiger partial charge on any atom is 0.119 e. The molecule has 0 heterocycles. The first-order valence-electron chi connectivity index (χ1n) is 5.79. The summed E-state index contributed by atoms with van der Waals surface area (Å²) in [5, 5.41) is 0. The highest BCUT2D eigenvalue weighted by molar-refractivity contribution is 5.28. The van der Waals surface area contributed by atoms with Gasteiger partial charge in [-0.25, -0.2) is 0 Å². The molecule has 0 bridgehead atoms. The van der Waals surface area contributed by atoms with Crippen LogP contribution in [0.5, 0.6) is 5.75 Å². The van der Waals surface area contributed by atoms with Crippen LogP contribution in [0.3, 0.4) is 0 Å². The van der Waals surface area contributed by atoms with Gasteiger partial charge in [0.2, 0.25) is 0 Å². The Hall–Kier alpha value is -1.06. The standard InChI is InChI=1S/C13H22N2O/c1-15(2)9-4-10-16-13-6-3-5-12(11-13)7-8-14/h3,5-6,11H,4,7-10,14H2,1-2H3. The van der Waals surface area contributed by atoms with E-state index in [4.69, 9.17) is 10.5 Å². The smallest absolute Gasteiger partial charge is 0.119 e. The normalized spacial score (nSPS) is 10.8. The molecular weight excluding hydrogens is 200 g/mol. The molecule has 1 aromatic rings. The molecule has 0 saturated carbocycles. The molecule has 3 nitrogen and oxygen atoms in total.